The lowest BCUT2D eigenvalue weighted by Crippen LogP contribution is -2.45. The van der Waals surface area contributed by atoms with Crippen molar-refractivity contribution < 1.29 is 9.47 Å². The minimum Gasteiger partial charge on any atom is -0.497 e. The number of hydrogen-bond donors (Lipinski definition) is 0. The molecule has 0 amide bonds. The molecule has 0 aliphatic carbocycles. The quantitative estimate of drug-likeness (QED) is 0.808. The molecule has 0 saturated carbocycles. The molecule has 5 nitrogen and oxygen atoms in total. The van der Waals surface area contributed by atoms with Crippen LogP contribution in [0, 0.1) is 0 Å². The topological polar surface area (TPSA) is 37.8 Å². The SMILES string of the molecule is CCN1CCN(Cc2nc(-c3ccc(OC)cc3)ccc2OC)CC1. The van der Waals surface area contributed by atoms with Crippen LogP contribution in [0.25, 0.3) is 11.3 Å². The number of rotatable bonds is 6. The molecule has 1 aromatic heterocycles. The second-order valence-electron chi connectivity index (χ2n) is 6.28. The summed E-state index contributed by atoms with van der Waals surface area (Å²) >= 11 is 0. The van der Waals surface area contributed by atoms with Crippen molar-refractivity contribution in [2.45, 2.75) is 13.5 Å². The lowest BCUT2D eigenvalue weighted by atomic mass is 10.1. The standard InChI is InChI=1S/C20H27N3O2/c1-4-22-11-13-23(14-12-22)15-19-20(25-3)10-9-18(21-19)16-5-7-17(24-2)8-6-16/h5-10H,4,11-15H2,1-3H3. The van der Waals surface area contributed by atoms with Crippen molar-refractivity contribution in [3.05, 3.63) is 42.1 Å². The highest BCUT2D eigenvalue weighted by molar-refractivity contribution is 5.61. The predicted octanol–water partition coefficient (Wildman–Crippen LogP) is 2.90. The number of pyridine rings is 1. The summed E-state index contributed by atoms with van der Waals surface area (Å²) in [7, 11) is 3.39. The van der Waals surface area contributed by atoms with Gasteiger partial charge in [-0.1, -0.05) is 6.92 Å². The van der Waals surface area contributed by atoms with Crippen molar-refractivity contribution >= 4 is 0 Å². The predicted molar refractivity (Wildman–Crippen MR) is 100 cm³/mol. The molecule has 1 aliphatic rings. The number of hydrogen-bond acceptors (Lipinski definition) is 5. The normalized spacial score (nSPS) is 16.0. The van der Waals surface area contributed by atoms with Gasteiger partial charge in [-0.3, -0.25) is 4.90 Å². The van der Waals surface area contributed by atoms with E-state index in [1.807, 2.05) is 36.4 Å². The smallest absolute Gasteiger partial charge is 0.141 e. The third-order valence-corrected chi connectivity index (χ3v) is 4.82. The van der Waals surface area contributed by atoms with Gasteiger partial charge in [0.2, 0.25) is 0 Å². The van der Waals surface area contributed by atoms with Crippen LogP contribution in [0.2, 0.25) is 0 Å². The third kappa shape index (κ3) is 4.30. The van der Waals surface area contributed by atoms with Gasteiger partial charge in [-0.15, -0.1) is 0 Å². The molecule has 0 radical (unpaired) electrons. The van der Waals surface area contributed by atoms with E-state index in [0.717, 1.165) is 67.7 Å². The molecule has 0 unspecified atom stereocenters. The monoisotopic (exact) mass is 341 g/mol. The van der Waals surface area contributed by atoms with Crippen LogP contribution in [0.5, 0.6) is 11.5 Å². The van der Waals surface area contributed by atoms with Crippen LogP contribution in [0.15, 0.2) is 36.4 Å². The largest absolute Gasteiger partial charge is 0.497 e. The molecular weight excluding hydrogens is 314 g/mol. The molecule has 1 saturated heterocycles. The Morgan fingerprint density at radius 1 is 0.880 bits per heavy atom. The minimum absolute atomic E-state index is 0.824. The van der Waals surface area contributed by atoms with Gasteiger partial charge in [-0.05, 0) is 42.9 Å². The van der Waals surface area contributed by atoms with E-state index in [1.54, 1.807) is 14.2 Å². The molecule has 0 atom stereocenters. The molecule has 1 aliphatic heterocycles. The van der Waals surface area contributed by atoms with E-state index in [2.05, 4.69) is 16.7 Å². The molecular formula is C20H27N3O2. The Balaban J connectivity index is 1.77. The summed E-state index contributed by atoms with van der Waals surface area (Å²) in [5.41, 5.74) is 3.05. The number of nitrogens with zero attached hydrogens (tertiary/aromatic N) is 3. The lowest BCUT2D eigenvalue weighted by Gasteiger charge is -2.34. The summed E-state index contributed by atoms with van der Waals surface area (Å²) in [6, 6.07) is 12.0. The number of benzene rings is 1. The van der Waals surface area contributed by atoms with Gasteiger partial charge in [0.25, 0.3) is 0 Å². The van der Waals surface area contributed by atoms with Gasteiger partial charge in [0.1, 0.15) is 11.5 Å². The maximum Gasteiger partial charge on any atom is 0.141 e. The van der Waals surface area contributed by atoms with Crippen molar-refractivity contribution in [1.82, 2.24) is 14.8 Å². The molecule has 25 heavy (non-hydrogen) atoms. The Morgan fingerprint density at radius 3 is 2.16 bits per heavy atom. The Kier molecular flexibility index (Phi) is 5.89. The zero-order chi connectivity index (χ0) is 17.6. The zero-order valence-electron chi connectivity index (χ0n) is 15.4. The summed E-state index contributed by atoms with van der Waals surface area (Å²) in [5.74, 6) is 1.71. The van der Waals surface area contributed by atoms with Crippen molar-refractivity contribution in [2.75, 3.05) is 46.9 Å². The summed E-state index contributed by atoms with van der Waals surface area (Å²) in [5, 5.41) is 0. The Bertz CT molecular complexity index is 680. The van der Waals surface area contributed by atoms with Crippen molar-refractivity contribution in [2.24, 2.45) is 0 Å². The summed E-state index contributed by atoms with van der Waals surface area (Å²) < 4.78 is 10.8. The van der Waals surface area contributed by atoms with Gasteiger partial charge < -0.3 is 14.4 Å². The van der Waals surface area contributed by atoms with E-state index in [9.17, 15) is 0 Å². The number of aromatic nitrogens is 1. The summed E-state index contributed by atoms with van der Waals surface area (Å²) in [4.78, 5) is 9.82. The Hall–Kier alpha value is -2.11. The van der Waals surface area contributed by atoms with Gasteiger partial charge in [-0.2, -0.15) is 0 Å². The van der Waals surface area contributed by atoms with E-state index in [0.29, 0.717) is 0 Å². The Morgan fingerprint density at radius 2 is 1.56 bits per heavy atom. The molecule has 1 fully saturated rings. The van der Waals surface area contributed by atoms with Crippen LogP contribution in [0.3, 0.4) is 0 Å². The number of ether oxygens (including phenoxy) is 2. The van der Waals surface area contributed by atoms with Gasteiger partial charge in [0.15, 0.2) is 0 Å². The average molecular weight is 341 g/mol. The number of piperazine rings is 1. The van der Waals surface area contributed by atoms with Crippen LogP contribution < -0.4 is 9.47 Å². The van der Waals surface area contributed by atoms with E-state index >= 15 is 0 Å². The maximum absolute atomic E-state index is 5.54. The molecule has 2 heterocycles. The molecule has 0 N–H and O–H groups in total. The first-order valence-electron chi connectivity index (χ1n) is 8.86. The molecule has 3 rings (SSSR count). The van der Waals surface area contributed by atoms with Crippen molar-refractivity contribution in [1.29, 1.82) is 0 Å². The van der Waals surface area contributed by atoms with E-state index in [4.69, 9.17) is 14.5 Å². The average Bonchev–Trinajstić information content (AvgIpc) is 2.68. The highest BCUT2D eigenvalue weighted by atomic mass is 16.5. The molecule has 1 aromatic carbocycles. The first-order chi connectivity index (χ1) is 12.2. The first kappa shape index (κ1) is 17.7. The molecule has 5 heteroatoms. The Labute approximate surface area is 150 Å². The maximum atomic E-state index is 5.54. The number of likely N-dealkylation sites (N-methyl/N-ethyl adjacent to an activating group) is 1. The van der Waals surface area contributed by atoms with Crippen LogP contribution in [-0.4, -0.2) is 61.7 Å². The van der Waals surface area contributed by atoms with E-state index in [-0.39, 0.29) is 0 Å². The van der Waals surface area contributed by atoms with E-state index in [1.165, 1.54) is 0 Å². The fourth-order valence-electron chi connectivity index (χ4n) is 3.19. The number of methoxy groups -OCH3 is 2. The third-order valence-electron chi connectivity index (χ3n) is 4.82. The lowest BCUT2D eigenvalue weighted by molar-refractivity contribution is 0.130. The van der Waals surface area contributed by atoms with Gasteiger partial charge >= 0.3 is 0 Å². The summed E-state index contributed by atoms with van der Waals surface area (Å²) in [6.07, 6.45) is 0. The van der Waals surface area contributed by atoms with Crippen LogP contribution in [0.1, 0.15) is 12.6 Å². The fourth-order valence-corrected chi connectivity index (χ4v) is 3.19. The van der Waals surface area contributed by atoms with Gasteiger partial charge in [0.05, 0.1) is 25.6 Å². The first-order valence-corrected chi connectivity index (χ1v) is 8.86. The highest BCUT2D eigenvalue weighted by Gasteiger charge is 2.18. The van der Waals surface area contributed by atoms with Crippen molar-refractivity contribution in [3.8, 4) is 22.8 Å². The minimum atomic E-state index is 0.824. The van der Waals surface area contributed by atoms with Crippen molar-refractivity contribution in [3.63, 3.8) is 0 Å². The molecule has 0 bridgehead atoms. The zero-order valence-corrected chi connectivity index (χ0v) is 15.4. The van der Waals surface area contributed by atoms with Gasteiger partial charge in [-0.25, -0.2) is 4.98 Å². The summed E-state index contributed by atoms with van der Waals surface area (Å²) in [6.45, 7) is 8.57. The van der Waals surface area contributed by atoms with Crippen LogP contribution >= 0.6 is 0 Å². The van der Waals surface area contributed by atoms with Crippen LogP contribution in [0.4, 0.5) is 0 Å². The highest BCUT2D eigenvalue weighted by Crippen LogP contribution is 2.26. The molecule has 2 aromatic rings. The van der Waals surface area contributed by atoms with Gasteiger partial charge in [0, 0.05) is 38.3 Å². The molecule has 134 valence electrons. The fraction of sp³-hybridized carbons (Fsp3) is 0.450. The van der Waals surface area contributed by atoms with Crippen LogP contribution in [-0.2, 0) is 6.54 Å². The molecule has 0 spiro atoms. The second kappa shape index (κ2) is 8.32. The second-order valence-corrected chi connectivity index (χ2v) is 6.28. The van der Waals surface area contributed by atoms with E-state index < -0.39 is 0 Å².